The molecule has 0 aliphatic carbocycles. The molecule has 1 rings (SSSR count). The van der Waals surface area contributed by atoms with Crippen LogP contribution in [0.2, 0.25) is 0 Å². The van der Waals surface area contributed by atoms with Crippen LogP contribution >= 0.6 is 0 Å². The molecule has 1 aliphatic rings. The summed E-state index contributed by atoms with van der Waals surface area (Å²) in [6.07, 6.45) is 2.30. The van der Waals surface area contributed by atoms with Gasteiger partial charge in [0.25, 0.3) is 0 Å². The molecule has 1 fully saturated rings. The van der Waals surface area contributed by atoms with Gasteiger partial charge in [-0.25, -0.2) is 4.39 Å². The van der Waals surface area contributed by atoms with Crippen LogP contribution in [0, 0.1) is 0 Å². The van der Waals surface area contributed by atoms with E-state index in [0.29, 0.717) is 12.6 Å². The molecule has 0 aromatic carbocycles. The van der Waals surface area contributed by atoms with Crippen molar-refractivity contribution in [2.45, 2.75) is 25.8 Å². The van der Waals surface area contributed by atoms with E-state index >= 15 is 0 Å². The van der Waals surface area contributed by atoms with E-state index in [1.807, 2.05) is 0 Å². The zero-order valence-corrected chi connectivity index (χ0v) is 7.85. The van der Waals surface area contributed by atoms with Crippen LogP contribution in [-0.2, 0) is 0 Å². The van der Waals surface area contributed by atoms with Gasteiger partial charge < -0.3 is 5.32 Å². The maximum Gasteiger partial charge on any atom is 0.102 e. The van der Waals surface area contributed by atoms with Crippen LogP contribution in [0.1, 0.15) is 19.8 Å². The molecule has 0 radical (unpaired) electrons. The summed E-state index contributed by atoms with van der Waals surface area (Å²) < 4.78 is 12.2. The first-order valence-electron chi connectivity index (χ1n) is 4.89. The predicted octanol–water partition coefficient (Wildman–Crippen LogP) is 1.03. The summed E-state index contributed by atoms with van der Waals surface area (Å²) in [5.41, 5.74) is 0. The lowest BCUT2D eigenvalue weighted by molar-refractivity contribution is 0.191. The van der Waals surface area contributed by atoms with E-state index in [0.717, 1.165) is 26.1 Å². The number of rotatable bonds is 5. The van der Waals surface area contributed by atoms with Gasteiger partial charge in [-0.1, -0.05) is 6.92 Å². The molecular formula is C9H19FN2. The SMILES string of the molecule is CCCN(CCF)C1CCNC1. The molecule has 1 atom stereocenters. The fourth-order valence-corrected chi connectivity index (χ4v) is 1.82. The third kappa shape index (κ3) is 2.72. The van der Waals surface area contributed by atoms with Gasteiger partial charge in [-0.2, -0.15) is 0 Å². The summed E-state index contributed by atoms with van der Waals surface area (Å²) in [5.74, 6) is 0. The van der Waals surface area contributed by atoms with Gasteiger partial charge >= 0.3 is 0 Å². The zero-order chi connectivity index (χ0) is 8.81. The van der Waals surface area contributed by atoms with Crippen molar-refractivity contribution in [3.05, 3.63) is 0 Å². The fraction of sp³-hybridized carbons (Fsp3) is 1.00. The smallest absolute Gasteiger partial charge is 0.102 e. The van der Waals surface area contributed by atoms with Gasteiger partial charge in [-0.05, 0) is 25.9 Å². The van der Waals surface area contributed by atoms with E-state index < -0.39 is 0 Å². The fourth-order valence-electron chi connectivity index (χ4n) is 1.82. The molecule has 0 aromatic heterocycles. The first kappa shape index (κ1) is 9.93. The van der Waals surface area contributed by atoms with Gasteiger partial charge in [0.1, 0.15) is 6.67 Å². The maximum atomic E-state index is 12.2. The second-order valence-corrected chi connectivity index (χ2v) is 3.37. The van der Waals surface area contributed by atoms with Crippen molar-refractivity contribution in [1.82, 2.24) is 10.2 Å². The Bertz CT molecular complexity index is 107. The standard InChI is InChI=1S/C9H19FN2/c1-2-6-12(7-4-10)9-3-5-11-8-9/h9,11H,2-8H2,1H3. The van der Waals surface area contributed by atoms with Crippen LogP contribution < -0.4 is 5.32 Å². The molecular weight excluding hydrogens is 155 g/mol. The molecule has 0 spiro atoms. The Balaban J connectivity index is 2.29. The average Bonchev–Trinajstić information content (AvgIpc) is 2.56. The molecule has 0 amide bonds. The summed E-state index contributed by atoms with van der Waals surface area (Å²) in [4.78, 5) is 2.26. The highest BCUT2D eigenvalue weighted by molar-refractivity contribution is 4.80. The molecule has 1 saturated heterocycles. The molecule has 1 unspecified atom stereocenters. The third-order valence-corrected chi connectivity index (χ3v) is 2.43. The van der Waals surface area contributed by atoms with Gasteiger partial charge in [0, 0.05) is 19.1 Å². The van der Waals surface area contributed by atoms with E-state index in [2.05, 4.69) is 17.1 Å². The molecule has 1 aliphatic heterocycles. The van der Waals surface area contributed by atoms with Crippen LogP contribution in [0.15, 0.2) is 0 Å². The lowest BCUT2D eigenvalue weighted by Crippen LogP contribution is -2.38. The Hall–Kier alpha value is -0.150. The second-order valence-electron chi connectivity index (χ2n) is 3.37. The quantitative estimate of drug-likeness (QED) is 0.669. The van der Waals surface area contributed by atoms with E-state index in [4.69, 9.17) is 0 Å². The van der Waals surface area contributed by atoms with E-state index in [-0.39, 0.29) is 6.67 Å². The number of hydrogen-bond donors (Lipinski definition) is 1. The minimum atomic E-state index is -0.212. The molecule has 3 heteroatoms. The van der Waals surface area contributed by atoms with Crippen molar-refractivity contribution in [2.24, 2.45) is 0 Å². The summed E-state index contributed by atoms with van der Waals surface area (Å²) in [6.45, 7) is 5.72. The Morgan fingerprint density at radius 3 is 2.83 bits per heavy atom. The zero-order valence-electron chi connectivity index (χ0n) is 7.85. The van der Waals surface area contributed by atoms with Crippen LogP contribution in [0.5, 0.6) is 0 Å². The number of nitrogens with zero attached hydrogens (tertiary/aromatic N) is 1. The highest BCUT2D eigenvalue weighted by atomic mass is 19.1. The molecule has 2 nitrogen and oxygen atoms in total. The molecule has 0 bridgehead atoms. The Morgan fingerprint density at radius 1 is 1.50 bits per heavy atom. The minimum absolute atomic E-state index is 0.212. The lowest BCUT2D eigenvalue weighted by Gasteiger charge is -2.26. The molecule has 12 heavy (non-hydrogen) atoms. The van der Waals surface area contributed by atoms with Crippen molar-refractivity contribution in [3.8, 4) is 0 Å². The topological polar surface area (TPSA) is 15.3 Å². The molecule has 72 valence electrons. The Kier molecular flexibility index (Phi) is 4.54. The van der Waals surface area contributed by atoms with Gasteiger partial charge in [-0.15, -0.1) is 0 Å². The van der Waals surface area contributed by atoms with Crippen molar-refractivity contribution >= 4 is 0 Å². The maximum absolute atomic E-state index is 12.2. The van der Waals surface area contributed by atoms with Crippen molar-refractivity contribution in [1.29, 1.82) is 0 Å². The molecule has 0 aromatic rings. The van der Waals surface area contributed by atoms with Gasteiger partial charge in [0.2, 0.25) is 0 Å². The highest BCUT2D eigenvalue weighted by Crippen LogP contribution is 2.08. The average molecular weight is 174 g/mol. The normalized spacial score (nSPS) is 23.8. The summed E-state index contributed by atoms with van der Waals surface area (Å²) in [7, 11) is 0. The summed E-state index contributed by atoms with van der Waals surface area (Å²) in [6, 6.07) is 0.584. The van der Waals surface area contributed by atoms with Gasteiger partial charge in [0.15, 0.2) is 0 Å². The summed E-state index contributed by atoms with van der Waals surface area (Å²) >= 11 is 0. The monoisotopic (exact) mass is 174 g/mol. The molecule has 1 N–H and O–H groups in total. The van der Waals surface area contributed by atoms with Crippen molar-refractivity contribution in [3.63, 3.8) is 0 Å². The largest absolute Gasteiger partial charge is 0.315 e. The highest BCUT2D eigenvalue weighted by Gasteiger charge is 2.20. The number of alkyl halides is 1. The van der Waals surface area contributed by atoms with Crippen LogP contribution in [-0.4, -0.2) is 43.8 Å². The van der Waals surface area contributed by atoms with Gasteiger partial charge in [-0.3, -0.25) is 4.90 Å². The second kappa shape index (κ2) is 5.49. The van der Waals surface area contributed by atoms with E-state index in [9.17, 15) is 4.39 Å². The molecule has 1 heterocycles. The number of hydrogen-bond acceptors (Lipinski definition) is 2. The van der Waals surface area contributed by atoms with Crippen molar-refractivity contribution < 1.29 is 4.39 Å². The van der Waals surface area contributed by atoms with Crippen molar-refractivity contribution in [2.75, 3.05) is 32.9 Å². The summed E-state index contributed by atoms with van der Waals surface area (Å²) in [5, 5.41) is 3.31. The molecule has 0 saturated carbocycles. The lowest BCUT2D eigenvalue weighted by atomic mass is 10.2. The number of nitrogens with one attached hydrogen (secondary N) is 1. The van der Waals surface area contributed by atoms with Gasteiger partial charge in [0.05, 0.1) is 0 Å². The van der Waals surface area contributed by atoms with Crippen LogP contribution in [0.3, 0.4) is 0 Å². The van der Waals surface area contributed by atoms with E-state index in [1.165, 1.54) is 6.42 Å². The number of halogens is 1. The first-order chi connectivity index (χ1) is 5.88. The minimum Gasteiger partial charge on any atom is -0.315 e. The first-order valence-corrected chi connectivity index (χ1v) is 4.89. The van der Waals surface area contributed by atoms with Crippen LogP contribution in [0.25, 0.3) is 0 Å². The third-order valence-electron chi connectivity index (χ3n) is 2.43. The predicted molar refractivity (Wildman–Crippen MR) is 49.1 cm³/mol. The van der Waals surface area contributed by atoms with E-state index in [1.54, 1.807) is 0 Å². The Morgan fingerprint density at radius 2 is 2.33 bits per heavy atom. The Labute approximate surface area is 74.1 Å². The van der Waals surface area contributed by atoms with Crippen LogP contribution in [0.4, 0.5) is 4.39 Å².